The molecule has 7 nitrogen and oxygen atoms in total. The van der Waals surface area contributed by atoms with E-state index in [0.29, 0.717) is 28.8 Å². The molecule has 4 heterocycles. The van der Waals surface area contributed by atoms with Crippen LogP contribution in [-0.2, 0) is 13.1 Å². The molecule has 0 aliphatic heterocycles. The fourth-order valence-electron chi connectivity index (χ4n) is 3.11. The third kappa shape index (κ3) is 3.42. The lowest BCUT2D eigenvalue weighted by Gasteiger charge is -2.13. The first-order valence-electron chi connectivity index (χ1n) is 8.84. The van der Waals surface area contributed by atoms with Gasteiger partial charge in [-0.3, -0.25) is 14.3 Å². The summed E-state index contributed by atoms with van der Waals surface area (Å²) in [5.41, 5.74) is 2.73. The quantitative estimate of drug-likeness (QED) is 0.495. The zero-order valence-electron chi connectivity index (χ0n) is 15.1. The van der Waals surface area contributed by atoms with Gasteiger partial charge in [0.15, 0.2) is 5.65 Å². The Morgan fingerprint density at radius 1 is 1.07 bits per heavy atom. The van der Waals surface area contributed by atoms with E-state index >= 15 is 0 Å². The Kier molecular flexibility index (Phi) is 4.61. The molecule has 0 radical (unpaired) electrons. The van der Waals surface area contributed by atoms with Crippen molar-refractivity contribution in [1.29, 1.82) is 0 Å². The van der Waals surface area contributed by atoms with Gasteiger partial charge in [-0.15, -0.1) is 0 Å². The molecule has 0 N–H and O–H groups in total. The molecule has 0 fully saturated rings. The topological polar surface area (TPSA) is 78.5 Å². The van der Waals surface area contributed by atoms with Gasteiger partial charge in [-0.05, 0) is 30.5 Å². The predicted molar refractivity (Wildman–Crippen MR) is 105 cm³/mol. The zero-order chi connectivity index (χ0) is 19.0. The molecule has 0 atom stereocenters. The highest BCUT2D eigenvalue weighted by Crippen LogP contribution is 2.20. The summed E-state index contributed by atoms with van der Waals surface area (Å²) >= 11 is 6.04. The first-order chi connectivity index (χ1) is 13.0. The average molecular weight is 383 g/mol. The SMILES string of the molecule is CC(C)CCn1c(Cn2c(=O)cnc3cnccc32)nc2nc(Cl)ccc21. The zero-order valence-corrected chi connectivity index (χ0v) is 15.9. The number of hydrogen-bond donors (Lipinski definition) is 0. The van der Waals surface area contributed by atoms with E-state index in [1.165, 1.54) is 6.20 Å². The van der Waals surface area contributed by atoms with Crippen molar-refractivity contribution in [2.45, 2.75) is 33.4 Å². The van der Waals surface area contributed by atoms with Gasteiger partial charge < -0.3 is 4.57 Å². The van der Waals surface area contributed by atoms with Crippen LogP contribution < -0.4 is 5.56 Å². The van der Waals surface area contributed by atoms with E-state index in [-0.39, 0.29) is 5.56 Å². The number of aryl methyl sites for hydroxylation is 1. The van der Waals surface area contributed by atoms with Crippen molar-refractivity contribution < 1.29 is 0 Å². The van der Waals surface area contributed by atoms with Gasteiger partial charge in [-0.2, -0.15) is 0 Å². The highest BCUT2D eigenvalue weighted by Gasteiger charge is 2.15. The van der Waals surface area contributed by atoms with Gasteiger partial charge in [0.05, 0.1) is 30.0 Å². The molecule has 8 heteroatoms. The number of hydrogen-bond acceptors (Lipinski definition) is 5. The molecule has 0 spiro atoms. The summed E-state index contributed by atoms with van der Waals surface area (Å²) < 4.78 is 3.79. The Hall–Kier alpha value is -2.80. The standard InChI is InChI=1S/C19H19ClN6O/c1-12(2)6-8-25-15-3-4-16(20)23-19(15)24-17(25)11-26-14-5-7-21-9-13(14)22-10-18(26)27/h3-5,7,9-10,12H,6,8,11H2,1-2H3. The van der Waals surface area contributed by atoms with E-state index in [1.807, 2.05) is 6.07 Å². The lowest BCUT2D eigenvalue weighted by Crippen LogP contribution is -2.23. The van der Waals surface area contributed by atoms with Crippen molar-refractivity contribution in [2.24, 2.45) is 5.92 Å². The van der Waals surface area contributed by atoms with Gasteiger partial charge in [0.1, 0.15) is 16.5 Å². The maximum atomic E-state index is 12.5. The molecule has 4 aromatic rings. The molecule has 0 saturated heterocycles. The highest BCUT2D eigenvalue weighted by atomic mass is 35.5. The molecule has 0 aliphatic rings. The van der Waals surface area contributed by atoms with Crippen LogP contribution in [0.3, 0.4) is 0 Å². The second-order valence-corrected chi connectivity index (χ2v) is 7.27. The third-order valence-electron chi connectivity index (χ3n) is 4.54. The molecule has 138 valence electrons. The van der Waals surface area contributed by atoms with Crippen molar-refractivity contribution in [1.82, 2.24) is 29.1 Å². The van der Waals surface area contributed by atoms with Gasteiger partial charge in [0, 0.05) is 12.7 Å². The van der Waals surface area contributed by atoms with Crippen LogP contribution >= 0.6 is 11.6 Å². The minimum Gasteiger partial charge on any atom is -0.325 e. The number of halogens is 1. The van der Waals surface area contributed by atoms with E-state index in [2.05, 4.69) is 38.4 Å². The van der Waals surface area contributed by atoms with Crippen molar-refractivity contribution in [3.63, 3.8) is 0 Å². The fourth-order valence-corrected chi connectivity index (χ4v) is 3.26. The average Bonchev–Trinajstić information content (AvgIpc) is 2.98. The lowest BCUT2D eigenvalue weighted by atomic mass is 10.1. The highest BCUT2D eigenvalue weighted by molar-refractivity contribution is 6.29. The summed E-state index contributed by atoms with van der Waals surface area (Å²) in [4.78, 5) is 29.7. The number of fused-ring (bicyclic) bond motifs is 2. The van der Waals surface area contributed by atoms with Crippen LogP contribution in [0.5, 0.6) is 0 Å². The molecule has 0 amide bonds. The summed E-state index contributed by atoms with van der Waals surface area (Å²) in [6.45, 7) is 5.49. The van der Waals surface area contributed by atoms with Crippen LogP contribution in [0.25, 0.3) is 22.2 Å². The van der Waals surface area contributed by atoms with E-state index in [1.54, 1.807) is 29.1 Å². The third-order valence-corrected chi connectivity index (χ3v) is 4.75. The second kappa shape index (κ2) is 7.08. The maximum absolute atomic E-state index is 12.5. The molecule has 0 unspecified atom stereocenters. The largest absolute Gasteiger partial charge is 0.325 e. The summed E-state index contributed by atoms with van der Waals surface area (Å²) in [5.74, 6) is 1.32. The van der Waals surface area contributed by atoms with Crippen LogP contribution in [-0.4, -0.2) is 29.1 Å². The minimum absolute atomic E-state index is 0.179. The van der Waals surface area contributed by atoms with Crippen LogP contribution in [0.1, 0.15) is 26.1 Å². The first-order valence-corrected chi connectivity index (χ1v) is 9.22. The Balaban J connectivity index is 1.85. The molecule has 27 heavy (non-hydrogen) atoms. The number of pyridine rings is 2. The lowest BCUT2D eigenvalue weighted by molar-refractivity contribution is 0.507. The molecule has 4 aromatic heterocycles. The van der Waals surface area contributed by atoms with Crippen molar-refractivity contribution in [2.75, 3.05) is 0 Å². The predicted octanol–water partition coefficient (Wildman–Crippen LogP) is 3.28. The molecule has 0 saturated carbocycles. The Morgan fingerprint density at radius 2 is 1.93 bits per heavy atom. The van der Waals surface area contributed by atoms with Crippen LogP contribution in [0, 0.1) is 5.92 Å². The Bertz CT molecular complexity index is 1180. The summed E-state index contributed by atoms with van der Waals surface area (Å²) in [6.07, 6.45) is 5.62. The number of rotatable bonds is 5. The summed E-state index contributed by atoms with van der Waals surface area (Å²) in [5, 5.41) is 0.403. The van der Waals surface area contributed by atoms with Gasteiger partial charge >= 0.3 is 0 Å². The Morgan fingerprint density at radius 3 is 2.74 bits per heavy atom. The van der Waals surface area contributed by atoms with Gasteiger partial charge in [-0.25, -0.2) is 15.0 Å². The molecule has 4 rings (SSSR count). The molecule has 0 aliphatic carbocycles. The fraction of sp³-hybridized carbons (Fsp3) is 0.316. The van der Waals surface area contributed by atoms with Crippen molar-refractivity contribution in [3.05, 3.63) is 58.1 Å². The monoisotopic (exact) mass is 382 g/mol. The van der Waals surface area contributed by atoms with E-state index in [9.17, 15) is 4.79 Å². The van der Waals surface area contributed by atoms with E-state index in [4.69, 9.17) is 11.6 Å². The Labute approximate surface area is 160 Å². The number of imidazole rings is 1. The van der Waals surface area contributed by atoms with Crippen LogP contribution in [0.2, 0.25) is 5.15 Å². The van der Waals surface area contributed by atoms with Gasteiger partial charge in [0.2, 0.25) is 0 Å². The molecule has 0 bridgehead atoms. The van der Waals surface area contributed by atoms with Gasteiger partial charge in [-0.1, -0.05) is 25.4 Å². The van der Waals surface area contributed by atoms with E-state index in [0.717, 1.165) is 29.8 Å². The van der Waals surface area contributed by atoms with E-state index < -0.39 is 0 Å². The maximum Gasteiger partial charge on any atom is 0.269 e. The first kappa shape index (κ1) is 17.6. The number of aromatic nitrogens is 6. The molecule has 0 aromatic carbocycles. The van der Waals surface area contributed by atoms with Crippen LogP contribution in [0.15, 0.2) is 41.6 Å². The summed E-state index contributed by atoms with van der Waals surface area (Å²) in [6, 6.07) is 5.49. The van der Waals surface area contributed by atoms with Crippen molar-refractivity contribution >= 4 is 33.8 Å². The number of nitrogens with zero attached hydrogens (tertiary/aromatic N) is 6. The second-order valence-electron chi connectivity index (χ2n) is 6.89. The molecular formula is C19H19ClN6O. The minimum atomic E-state index is -0.179. The normalized spacial score (nSPS) is 11.7. The smallest absolute Gasteiger partial charge is 0.269 e. The van der Waals surface area contributed by atoms with Crippen LogP contribution in [0.4, 0.5) is 0 Å². The summed E-state index contributed by atoms with van der Waals surface area (Å²) in [7, 11) is 0. The van der Waals surface area contributed by atoms with Gasteiger partial charge in [0.25, 0.3) is 5.56 Å². The van der Waals surface area contributed by atoms with Crippen molar-refractivity contribution in [3.8, 4) is 0 Å². The molecular weight excluding hydrogens is 364 g/mol.